The first-order chi connectivity index (χ1) is 10.6. The van der Waals surface area contributed by atoms with Crippen molar-refractivity contribution in [3.05, 3.63) is 53.6 Å². The number of nitrogens with two attached hydrogens (primary N) is 1. The van der Waals surface area contributed by atoms with Crippen LogP contribution in [-0.2, 0) is 6.61 Å². The van der Waals surface area contributed by atoms with Gasteiger partial charge in [-0.25, -0.2) is 0 Å². The molecule has 0 heterocycles. The Morgan fingerprint density at radius 2 is 2.00 bits per heavy atom. The molecule has 0 unspecified atom stereocenters. The number of hydrogen-bond acceptors (Lipinski definition) is 4. The molecule has 0 atom stereocenters. The maximum absolute atomic E-state index is 11.6. The van der Waals surface area contributed by atoms with Gasteiger partial charge in [0.05, 0.1) is 0 Å². The molecule has 2 aromatic rings. The summed E-state index contributed by atoms with van der Waals surface area (Å²) in [6.45, 7) is 0.305. The van der Waals surface area contributed by atoms with Crippen LogP contribution in [0.4, 0.5) is 5.69 Å². The van der Waals surface area contributed by atoms with Crippen molar-refractivity contribution in [2.45, 2.75) is 8.57 Å². The molecule has 5 nitrogen and oxygen atoms in total. The van der Waals surface area contributed by atoms with E-state index in [1.165, 1.54) is 0 Å². The van der Waals surface area contributed by atoms with Crippen LogP contribution in [0.15, 0.2) is 42.5 Å². The number of benzene rings is 2. The molecule has 0 radical (unpaired) electrons. The average molecular weight is 512 g/mol. The predicted molar refractivity (Wildman–Crippen MR) is 81.8 cm³/mol. The van der Waals surface area contributed by atoms with Crippen molar-refractivity contribution in [1.82, 2.24) is 0 Å². The van der Waals surface area contributed by atoms with Gasteiger partial charge in [-0.05, 0) is 0 Å². The molecule has 112 valence electrons. The van der Waals surface area contributed by atoms with E-state index in [-0.39, 0.29) is 11.3 Å². The van der Waals surface area contributed by atoms with Crippen LogP contribution in [0.3, 0.4) is 0 Å². The summed E-state index contributed by atoms with van der Waals surface area (Å²) in [7, 11) is 0. The Kier molecular flexibility index (Phi) is 6.56. The van der Waals surface area contributed by atoms with E-state index >= 15 is 0 Å². The Bertz CT molecular complexity index is 647. The van der Waals surface area contributed by atoms with Crippen molar-refractivity contribution >= 4 is 11.6 Å². The van der Waals surface area contributed by atoms with Gasteiger partial charge >= 0.3 is 153 Å². The Hall–Kier alpha value is -1.22. The molecule has 0 saturated carbocycles. The molecule has 1 amide bonds. The molecular formula is C16H18N2O3Ra. The van der Waals surface area contributed by atoms with Crippen molar-refractivity contribution < 1.29 is 55.2 Å². The monoisotopic (exact) mass is 512 g/mol. The molecule has 0 aliphatic rings. The molecule has 0 aliphatic heterocycles. The van der Waals surface area contributed by atoms with E-state index in [1.807, 2.05) is 30.3 Å². The zero-order valence-electron chi connectivity index (χ0n) is 12.5. The van der Waals surface area contributed by atoms with E-state index in [0.717, 1.165) is 7.15 Å². The number of amides is 1. The number of carbonyl (C=O) groups is 1. The van der Waals surface area contributed by atoms with E-state index in [0.29, 0.717) is 18.0 Å². The van der Waals surface area contributed by atoms with Gasteiger partial charge in [0.15, 0.2) is 0 Å². The number of primary amides is 1. The number of aromatic hydroxyl groups is 1. The second-order valence-electron chi connectivity index (χ2n) is 4.90. The topological polar surface area (TPSA) is 84.6 Å². The molecule has 0 spiro atoms. The fourth-order valence-corrected chi connectivity index (χ4v) is 4.20. The Morgan fingerprint density at radius 1 is 1.27 bits per heavy atom. The van der Waals surface area contributed by atoms with Gasteiger partial charge in [-0.15, -0.1) is 0 Å². The van der Waals surface area contributed by atoms with E-state index in [2.05, 4.69) is 7.28 Å². The van der Waals surface area contributed by atoms with Gasteiger partial charge in [0.25, 0.3) is 0 Å². The molecule has 0 saturated heterocycles. The molecule has 2 aromatic carbocycles. The molecule has 0 fully saturated rings. The Morgan fingerprint density at radius 3 is 2.64 bits per heavy atom. The first kappa shape index (κ1) is 17.1. The fourth-order valence-electron chi connectivity index (χ4n) is 2.07. The Balaban J connectivity index is 2.23. The summed E-state index contributed by atoms with van der Waals surface area (Å²) in [6, 6.07) is 13.0. The average Bonchev–Trinajstić information content (AvgIpc) is 2.52. The summed E-state index contributed by atoms with van der Waals surface area (Å²) >= 11 is -0.921. The first-order valence-electron chi connectivity index (χ1n) is 7.19. The third kappa shape index (κ3) is 4.39. The normalized spacial score (nSPS) is 9.86. The van der Waals surface area contributed by atoms with Gasteiger partial charge in [-0.1, -0.05) is 0 Å². The fraction of sp³-hybridized carbons (Fsp3) is 0.188. The van der Waals surface area contributed by atoms with E-state index in [4.69, 9.17) is 10.5 Å². The third-order valence-electron chi connectivity index (χ3n) is 3.19. The minimum atomic E-state index is -0.921. The van der Waals surface area contributed by atoms with Crippen LogP contribution in [0.5, 0.6) is 11.5 Å². The molecule has 0 bridgehead atoms. The molecule has 2 rings (SSSR count). The van der Waals surface area contributed by atoms with Gasteiger partial charge in [0.1, 0.15) is 0 Å². The van der Waals surface area contributed by atoms with E-state index in [9.17, 15) is 9.90 Å². The van der Waals surface area contributed by atoms with Crippen LogP contribution in [0.2, 0.25) is 1.96 Å². The summed E-state index contributed by atoms with van der Waals surface area (Å²) in [5, 5.41) is 13.4. The standard InChI is InChI=1S/C15H15N2O3.CH3.Ra/c1-17-11-7-8-12(13(14(11)18)15(16)19)20-9-10-5-3-2-4-6-10;;/h2-8,17-18H,1,9H2,(H2,16,19);1H3;. The van der Waals surface area contributed by atoms with Gasteiger partial charge in [-0.3, -0.25) is 0 Å². The second-order valence-corrected chi connectivity index (χ2v) is 11.1. The minimum absolute atomic E-state index is 0.0228. The molecule has 0 aromatic heterocycles. The second kappa shape index (κ2) is 8.42. The molecule has 0 aliphatic carbocycles. The number of rotatable bonds is 7. The zero-order chi connectivity index (χ0) is 15.9. The molecule has 4 N–H and O–H groups in total. The number of nitrogens with one attached hydrogen (secondary N) is 1. The van der Waals surface area contributed by atoms with Gasteiger partial charge in [0.2, 0.25) is 0 Å². The van der Waals surface area contributed by atoms with E-state index in [1.54, 1.807) is 12.1 Å². The van der Waals surface area contributed by atoms with Crippen LogP contribution >= 0.6 is 0 Å². The van der Waals surface area contributed by atoms with Crippen molar-refractivity contribution in [3.63, 3.8) is 0 Å². The molecule has 6 heteroatoms. The maximum atomic E-state index is 11.6. The number of phenols is 1. The predicted octanol–water partition coefficient (Wildman–Crippen LogP) is 2.57. The third-order valence-corrected chi connectivity index (χ3v) is 6.27. The SMILES string of the molecule is [CH3][Ra][CH2]Nc1ccc(OCc2ccccc2)c(C(N)=O)c1O. The summed E-state index contributed by atoms with van der Waals surface area (Å²) in [5.74, 6) is -0.548. The van der Waals surface area contributed by atoms with Crippen LogP contribution in [0.25, 0.3) is 0 Å². The first-order valence-corrected chi connectivity index (χ1v) is 17.1. The quantitative estimate of drug-likeness (QED) is 0.499. The summed E-state index contributed by atoms with van der Waals surface area (Å²) in [5.41, 5.74) is 6.92. The summed E-state index contributed by atoms with van der Waals surface area (Å²) in [6.07, 6.45) is 0. The number of hydrogen-bond donors (Lipinski definition) is 3. The zero-order valence-corrected chi connectivity index (χ0v) is 18.3. The van der Waals surface area contributed by atoms with Crippen molar-refractivity contribution in [2.75, 3.05) is 6.90 Å². The van der Waals surface area contributed by atoms with Gasteiger partial charge < -0.3 is 0 Å². The van der Waals surface area contributed by atoms with E-state index < -0.39 is 46.5 Å². The van der Waals surface area contributed by atoms with Crippen molar-refractivity contribution in [3.8, 4) is 11.5 Å². The Labute approximate surface area is 152 Å². The molecular weight excluding hydrogens is 494 g/mol. The number of ether oxygens (including phenoxy) is 1. The van der Waals surface area contributed by atoms with Crippen molar-refractivity contribution in [2.24, 2.45) is 5.73 Å². The van der Waals surface area contributed by atoms with Crippen LogP contribution in [0, 0.1) is 40.6 Å². The van der Waals surface area contributed by atoms with Crippen LogP contribution < -0.4 is 15.8 Å². The summed E-state index contributed by atoms with van der Waals surface area (Å²) in [4.78, 5) is 11.6. The van der Waals surface area contributed by atoms with Crippen LogP contribution in [0.1, 0.15) is 15.9 Å². The van der Waals surface area contributed by atoms with Gasteiger partial charge in [0, 0.05) is 0 Å². The number of anilines is 1. The number of carbonyl (C=O) groups excluding carboxylic acids is 1. The van der Waals surface area contributed by atoms with Crippen molar-refractivity contribution in [1.29, 1.82) is 0 Å². The van der Waals surface area contributed by atoms with Gasteiger partial charge in [-0.2, -0.15) is 0 Å². The molecule has 22 heavy (non-hydrogen) atoms. The summed E-state index contributed by atoms with van der Waals surface area (Å²) < 4.78 is 8.81. The van der Waals surface area contributed by atoms with Crippen LogP contribution in [-0.4, -0.2) is 12.6 Å².